The average Bonchev–Trinajstić information content (AvgIpc) is 2.88. The Morgan fingerprint density at radius 1 is 0.917 bits per heavy atom. The van der Waals surface area contributed by atoms with Crippen molar-refractivity contribution in [1.29, 1.82) is 10.5 Å². The number of nitrogens with zero attached hydrogens (tertiary/aromatic N) is 3. The van der Waals surface area contributed by atoms with Crippen LogP contribution < -0.4 is 10.2 Å². The molecular weight excluding hydrogens is 304 g/mol. The van der Waals surface area contributed by atoms with E-state index in [1.807, 2.05) is 0 Å². The number of hydrogen-bond acceptors (Lipinski definition) is 5. The molecule has 0 bridgehead atoms. The van der Waals surface area contributed by atoms with Crippen LogP contribution in [0.3, 0.4) is 0 Å². The molecular formula is C18H10N4O2. The van der Waals surface area contributed by atoms with Crippen molar-refractivity contribution in [2.24, 2.45) is 0 Å². The number of amides is 2. The normalized spacial score (nSPS) is 12.2. The number of carbonyl (C=O) groups is 2. The highest BCUT2D eigenvalue weighted by Gasteiger charge is 2.36. The predicted octanol–water partition coefficient (Wildman–Crippen LogP) is 2.83. The van der Waals surface area contributed by atoms with Crippen molar-refractivity contribution in [3.63, 3.8) is 0 Å². The maximum atomic E-state index is 12.4. The van der Waals surface area contributed by atoms with Crippen molar-refractivity contribution in [2.75, 3.05) is 10.2 Å². The lowest BCUT2D eigenvalue weighted by Crippen LogP contribution is -2.29. The molecule has 0 saturated carbocycles. The second-order valence-electron chi connectivity index (χ2n) is 4.96. The summed E-state index contributed by atoms with van der Waals surface area (Å²) in [7, 11) is 0. The lowest BCUT2D eigenvalue weighted by atomic mass is 10.1. The molecule has 0 saturated heterocycles. The molecule has 2 aromatic carbocycles. The molecule has 1 N–H and O–H groups in total. The van der Waals surface area contributed by atoms with Gasteiger partial charge in [0.1, 0.15) is 17.7 Å². The van der Waals surface area contributed by atoms with Crippen molar-refractivity contribution < 1.29 is 9.59 Å². The average molecular weight is 314 g/mol. The molecule has 2 amide bonds. The van der Waals surface area contributed by atoms with Gasteiger partial charge in [0.05, 0.1) is 16.8 Å². The van der Waals surface area contributed by atoms with Crippen LogP contribution in [0.15, 0.2) is 60.3 Å². The third kappa shape index (κ3) is 2.49. The van der Waals surface area contributed by atoms with E-state index in [1.54, 1.807) is 60.7 Å². The molecule has 0 aliphatic carbocycles. The molecule has 6 nitrogen and oxygen atoms in total. The van der Waals surface area contributed by atoms with Crippen molar-refractivity contribution in [3.8, 4) is 12.1 Å². The summed E-state index contributed by atoms with van der Waals surface area (Å²) in [6.07, 6.45) is 1.29. The van der Waals surface area contributed by atoms with E-state index in [4.69, 9.17) is 10.5 Å². The Balaban J connectivity index is 1.84. The Bertz CT molecular complexity index is 895. The zero-order valence-electron chi connectivity index (χ0n) is 12.4. The Morgan fingerprint density at radius 2 is 1.46 bits per heavy atom. The molecule has 1 aliphatic heterocycles. The molecule has 0 radical (unpaired) electrons. The van der Waals surface area contributed by atoms with Crippen LogP contribution in [0.5, 0.6) is 0 Å². The van der Waals surface area contributed by atoms with Gasteiger partial charge in [0.15, 0.2) is 0 Å². The van der Waals surface area contributed by atoms with Gasteiger partial charge in [0, 0.05) is 11.9 Å². The van der Waals surface area contributed by atoms with Gasteiger partial charge in [-0.05, 0) is 36.4 Å². The number of fused-ring (bicyclic) bond motifs is 1. The number of hydrogen-bond donors (Lipinski definition) is 1. The zero-order valence-corrected chi connectivity index (χ0v) is 12.4. The molecule has 1 aliphatic rings. The first kappa shape index (κ1) is 15.0. The molecule has 6 heteroatoms. The largest absolute Gasteiger partial charge is 0.360 e. The predicted molar refractivity (Wildman–Crippen MR) is 87.0 cm³/mol. The first-order valence-electron chi connectivity index (χ1n) is 7.00. The highest BCUT2D eigenvalue weighted by Crippen LogP contribution is 2.28. The fourth-order valence-corrected chi connectivity index (χ4v) is 2.38. The SMILES string of the molecule is N#CC(C#N)=CNc1ccc(N2C(=O)c3ccccc3C2=O)cc1. The fraction of sp³-hybridized carbons (Fsp3) is 0. The highest BCUT2D eigenvalue weighted by atomic mass is 16.2. The fourth-order valence-electron chi connectivity index (χ4n) is 2.38. The van der Waals surface area contributed by atoms with E-state index >= 15 is 0 Å². The monoisotopic (exact) mass is 314 g/mol. The Morgan fingerprint density at radius 3 is 1.96 bits per heavy atom. The van der Waals surface area contributed by atoms with Crippen LogP contribution in [0.1, 0.15) is 20.7 Å². The molecule has 0 spiro atoms. The second kappa shape index (κ2) is 6.07. The van der Waals surface area contributed by atoms with Crippen LogP contribution in [0.25, 0.3) is 0 Å². The molecule has 0 aromatic heterocycles. The van der Waals surface area contributed by atoms with E-state index in [2.05, 4.69) is 5.32 Å². The van der Waals surface area contributed by atoms with Crippen LogP contribution in [-0.2, 0) is 0 Å². The number of imide groups is 1. The van der Waals surface area contributed by atoms with Crippen LogP contribution in [0.4, 0.5) is 11.4 Å². The molecule has 0 unspecified atom stereocenters. The van der Waals surface area contributed by atoms with Gasteiger partial charge in [-0.2, -0.15) is 10.5 Å². The summed E-state index contributed by atoms with van der Waals surface area (Å²) < 4.78 is 0. The van der Waals surface area contributed by atoms with Crippen LogP contribution in [-0.4, -0.2) is 11.8 Å². The summed E-state index contributed by atoms with van der Waals surface area (Å²) in [6.45, 7) is 0. The summed E-state index contributed by atoms with van der Waals surface area (Å²) >= 11 is 0. The van der Waals surface area contributed by atoms with E-state index in [9.17, 15) is 9.59 Å². The Hall–Kier alpha value is -3.90. The van der Waals surface area contributed by atoms with E-state index in [0.717, 1.165) is 4.90 Å². The summed E-state index contributed by atoms with van der Waals surface area (Å²) in [6, 6.07) is 16.7. The smallest absolute Gasteiger partial charge is 0.266 e. The standard InChI is InChI=1S/C18H10N4O2/c19-9-12(10-20)11-21-13-5-7-14(8-6-13)22-17(23)15-3-1-2-4-16(15)18(22)24/h1-8,11,21H. The van der Waals surface area contributed by atoms with Gasteiger partial charge in [0.25, 0.3) is 11.8 Å². The van der Waals surface area contributed by atoms with Crippen LogP contribution in [0, 0.1) is 22.7 Å². The number of carbonyl (C=O) groups excluding carboxylic acids is 2. The maximum Gasteiger partial charge on any atom is 0.266 e. The number of nitriles is 2. The minimum absolute atomic E-state index is 0.0561. The van der Waals surface area contributed by atoms with Gasteiger partial charge >= 0.3 is 0 Å². The van der Waals surface area contributed by atoms with Gasteiger partial charge in [-0.15, -0.1) is 0 Å². The number of rotatable bonds is 3. The van der Waals surface area contributed by atoms with E-state index in [-0.39, 0.29) is 17.4 Å². The first-order chi connectivity index (χ1) is 11.7. The topological polar surface area (TPSA) is 97.0 Å². The minimum Gasteiger partial charge on any atom is -0.360 e. The van der Waals surface area contributed by atoms with Crippen molar-refractivity contribution in [2.45, 2.75) is 0 Å². The van der Waals surface area contributed by atoms with Gasteiger partial charge < -0.3 is 5.32 Å². The summed E-state index contributed by atoms with van der Waals surface area (Å²) in [5, 5.41) is 20.2. The molecule has 114 valence electrons. The lowest BCUT2D eigenvalue weighted by Gasteiger charge is -2.14. The van der Waals surface area contributed by atoms with Gasteiger partial charge in [0.2, 0.25) is 0 Å². The van der Waals surface area contributed by atoms with E-state index in [0.29, 0.717) is 22.5 Å². The van der Waals surface area contributed by atoms with E-state index < -0.39 is 0 Å². The summed E-state index contributed by atoms with van der Waals surface area (Å²) in [4.78, 5) is 25.9. The molecule has 24 heavy (non-hydrogen) atoms. The molecule has 1 heterocycles. The van der Waals surface area contributed by atoms with Crippen molar-refractivity contribution in [1.82, 2.24) is 0 Å². The molecule has 3 rings (SSSR count). The van der Waals surface area contributed by atoms with Crippen molar-refractivity contribution in [3.05, 3.63) is 71.4 Å². The van der Waals surface area contributed by atoms with Gasteiger partial charge in [-0.25, -0.2) is 4.90 Å². The van der Waals surface area contributed by atoms with Gasteiger partial charge in [-0.1, -0.05) is 12.1 Å². The highest BCUT2D eigenvalue weighted by molar-refractivity contribution is 6.34. The van der Waals surface area contributed by atoms with E-state index in [1.165, 1.54) is 6.20 Å². The Labute approximate surface area is 137 Å². The minimum atomic E-state index is -0.354. The third-order valence-electron chi connectivity index (χ3n) is 3.54. The Kier molecular flexibility index (Phi) is 3.80. The number of allylic oxidation sites excluding steroid dienone is 1. The van der Waals surface area contributed by atoms with Crippen molar-refractivity contribution >= 4 is 23.2 Å². The number of nitrogens with one attached hydrogen (secondary N) is 1. The molecule has 2 aromatic rings. The molecule has 0 atom stereocenters. The first-order valence-corrected chi connectivity index (χ1v) is 7.00. The van der Waals surface area contributed by atoms with Gasteiger partial charge in [-0.3, -0.25) is 9.59 Å². The molecule has 0 fully saturated rings. The zero-order chi connectivity index (χ0) is 17.1. The van der Waals surface area contributed by atoms with Crippen LogP contribution in [0.2, 0.25) is 0 Å². The maximum absolute atomic E-state index is 12.4. The number of anilines is 2. The van der Waals surface area contributed by atoms with Crippen LogP contribution >= 0.6 is 0 Å². The summed E-state index contributed by atoms with van der Waals surface area (Å²) in [5.41, 5.74) is 1.80. The number of benzene rings is 2. The third-order valence-corrected chi connectivity index (χ3v) is 3.54. The quantitative estimate of drug-likeness (QED) is 0.694. The lowest BCUT2D eigenvalue weighted by molar-refractivity contribution is 0.0926. The summed E-state index contributed by atoms with van der Waals surface area (Å²) in [5.74, 6) is -0.708. The second-order valence-corrected chi connectivity index (χ2v) is 4.96.